The zero-order valence-corrected chi connectivity index (χ0v) is 26.0. The molecule has 0 bridgehead atoms. The molecule has 1 amide bonds. The summed E-state index contributed by atoms with van der Waals surface area (Å²) in [6, 6.07) is 21.8. The van der Waals surface area contributed by atoms with Gasteiger partial charge in [-0.05, 0) is 73.6 Å². The van der Waals surface area contributed by atoms with E-state index in [4.69, 9.17) is 4.74 Å². The van der Waals surface area contributed by atoms with Crippen LogP contribution in [-0.4, -0.2) is 57.6 Å². The molecule has 3 aromatic carbocycles. The van der Waals surface area contributed by atoms with Crippen molar-refractivity contribution in [1.82, 2.24) is 14.7 Å². The van der Waals surface area contributed by atoms with Crippen molar-refractivity contribution in [2.45, 2.75) is 72.5 Å². The number of carbonyl (C=O) groups is 1. The quantitative estimate of drug-likeness (QED) is 0.305. The summed E-state index contributed by atoms with van der Waals surface area (Å²) in [6.45, 7) is 19.8. The van der Waals surface area contributed by atoms with Gasteiger partial charge in [-0.15, -0.1) is 0 Å². The average Bonchev–Trinajstić information content (AvgIpc) is 3.48. The molecular weight excluding hydrogens is 522 g/mol. The molecule has 0 aromatic heterocycles. The molecule has 0 unspecified atom stereocenters. The number of nitrogens with zero attached hydrogens (tertiary/aromatic N) is 3. The Morgan fingerprint density at radius 3 is 2.31 bits per heavy atom. The monoisotopic (exact) mass is 569 g/mol. The number of piperazine rings is 1. The number of phenols is 1. The van der Waals surface area contributed by atoms with Crippen LogP contribution in [0.25, 0.3) is 5.70 Å². The lowest BCUT2D eigenvalue weighted by molar-refractivity contribution is 0.109. The Balaban J connectivity index is 0.00000198. The summed E-state index contributed by atoms with van der Waals surface area (Å²) < 4.78 is 5.53. The SMILES string of the molecule is C=C(c1cccc2c1CN(C(C)(C)CCc1ccc(O)c(CC)c1)C2)N1CCN(C(=O)Oc2ccccc2)CC1.CC. The molecule has 224 valence electrons. The van der Waals surface area contributed by atoms with Gasteiger partial charge in [0, 0.05) is 56.1 Å². The van der Waals surface area contributed by atoms with E-state index in [9.17, 15) is 9.90 Å². The number of aromatic hydroxyl groups is 1. The molecule has 2 heterocycles. The summed E-state index contributed by atoms with van der Waals surface area (Å²) >= 11 is 0. The molecule has 6 nitrogen and oxygen atoms in total. The van der Waals surface area contributed by atoms with Crippen molar-refractivity contribution < 1.29 is 14.6 Å². The van der Waals surface area contributed by atoms with Crippen LogP contribution < -0.4 is 4.74 Å². The number of benzene rings is 3. The van der Waals surface area contributed by atoms with Crippen LogP contribution in [0.1, 0.15) is 68.9 Å². The van der Waals surface area contributed by atoms with Gasteiger partial charge in [0.2, 0.25) is 0 Å². The van der Waals surface area contributed by atoms with E-state index in [1.807, 2.05) is 44.2 Å². The predicted octanol–water partition coefficient (Wildman–Crippen LogP) is 7.50. The number of fused-ring (bicyclic) bond motifs is 1. The van der Waals surface area contributed by atoms with Crippen molar-refractivity contribution in [3.05, 3.63) is 101 Å². The molecule has 2 aliphatic heterocycles. The van der Waals surface area contributed by atoms with Gasteiger partial charge in [-0.3, -0.25) is 4.90 Å². The predicted molar refractivity (Wildman–Crippen MR) is 172 cm³/mol. The second kappa shape index (κ2) is 13.9. The maximum atomic E-state index is 12.6. The highest BCUT2D eigenvalue weighted by Gasteiger charge is 2.34. The molecule has 0 saturated carbocycles. The summed E-state index contributed by atoms with van der Waals surface area (Å²) in [5, 5.41) is 10.1. The van der Waals surface area contributed by atoms with Crippen molar-refractivity contribution in [1.29, 1.82) is 0 Å². The van der Waals surface area contributed by atoms with Gasteiger partial charge in [-0.2, -0.15) is 0 Å². The van der Waals surface area contributed by atoms with Crippen LogP contribution in [-0.2, 0) is 25.9 Å². The van der Waals surface area contributed by atoms with Crippen molar-refractivity contribution in [3.63, 3.8) is 0 Å². The lowest BCUT2D eigenvalue weighted by atomic mass is 9.92. The summed E-state index contributed by atoms with van der Waals surface area (Å²) in [6.07, 6.45) is 2.55. The molecule has 42 heavy (non-hydrogen) atoms. The number of hydrogen-bond acceptors (Lipinski definition) is 5. The first-order chi connectivity index (χ1) is 20.2. The first-order valence-electron chi connectivity index (χ1n) is 15.4. The minimum Gasteiger partial charge on any atom is -0.508 e. The number of para-hydroxylation sites is 1. The van der Waals surface area contributed by atoms with Gasteiger partial charge in [-0.1, -0.05) is 75.9 Å². The van der Waals surface area contributed by atoms with Gasteiger partial charge in [0.1, 0.15) is 11.5 Å². The Hall–Kier alpha value is -3.77. The van der Waals surface area contributed by atoms with E-state index in [1.54, 1.807) is 17.0 Å². The van der Waals surface area contributed by atoms with E-state index < -0.39 is 0 Å². The van der Waals surface area contributed by atoms with Crippen LogP contribution in [0.3, 0.4) is 0 Å². The van der Waals surface area contributed by atoms with Gasteiger partial charge in [0.25, 0.3) is 0 Å². The van der Waals surface area contributed by atoms with Crippen LogP contribution in [0.4, 0.5) is 4.79 Å². The molecule has 1 N–H and O–H groups in total. The van der Waals surface area contributed by atoms with Crippen molar-refractivity contribution >= 4 is 11.8 Å². The minimum atomic E-state index is -0.298. The fourth-order valence-corrected chi connectivity index (χ4v) is 5.79. The Bertz CT molecular complexity index is 1360. The Labute approximate surface area is 252 Å². The first kappa shape index (κ1) is 31.2. The van der Waals surface area contributed by atoms with E-state index >= 15 is 0 Å². The van der Waals surface area contributed by atoms with Gasteiger partial charge in [0.05, 0.1) is 0 Å². The molecule has 0 spiro atoms. The second-order valence-electron chi connectivity index (χ2n) is 11.5. The van der Waals surface area contributed by atoms with Crippen LogP contribution >= 0.6 is 0 Å². The Kier molecular flexibility index (Phi) is 10.3. The summed E-state index contributed by atoms with van der Waals surface area (Å²) in [4.78, 5) is 19.3. The lowest BCUT2D eigenvalue weighted by Gasteiger charge is -2.37. The first-order valence-corrected chi connectivity index (χ1v) is 15.4. The smallest absolute Gasteiger partial charge is 0.415 e. The second-order valence-corrected chi connectivity index (χ2v) is 11.5. The molecule has 5 rings (SSSR count). The summed E-state index contributed by atoms with van der Waals surface area (Å²) in [5.41, 5.74) is 7.29. The molecule has 1 saturated heterocycles. The normalized spacial score (nSPS) is 15.1. The number of rotatable bonds is 8. The zero-order chi connectivity index (χ0) is 30.3. The fraction of sp³-hybridized carbons (Fsp3) is 0.417. The van der Waals surface area contributed by atoms with E-state index in [0.717, 1.165) is 56.7 Å². The van der Waals surface area contributed by atoms with E-state index in [0.29, 0.717) is 24.6 Å². The molecule has 0 radical (unpaired) electrons. The third-order valence-corrected chi connectivity index (χ3v) is 8.57. The molecule has 0 aliphatic carbocycles. The third kappa shape index (κ3) is 7.16. The van der Waals surface area contributed by atoms with Crippen molar-refractivity contribution in [3.8, 4) is 11.5 Å². The van der Waals surface area contributed by atoms with Crippen molar-refractivity contribution in [2.24, 2.45) is 0 Å². The highest BCUT2D eigenvalue weighted by Crippen LogP contribution is 2.36. The maximum Gasteiger partial charge on any atom is 0.415 e. The van der Waals surface area contributed by atoms with E-state index in [2.05, 4.69) is 61.4 Å². The minimum absolute atomic E-state index is 0.0205. The average molecular weight is 570 g/mol. The Morgan fingerprint density at radius 1 is 0.929 bits per heavy atom. The lowest BCUT2D eigenvalue weighted by Crippen LogP contribution is -2.48. The largest absolute Gasteiger partial charge is 0.508 e. The molecule has 1 fully saturated rings. The number of hydrogen-bond donors (Lipinski definition) is 1. The van der Waals surface area contributed by atoms with Gasteiger partial charge in [-0.25, -0.2) is 4.79 Å². The number of amides is 1. The van der Waals surface area contributed by atoms with E-state index in [-0.39, 0.29) is 11.6 Å². The highest BCUT2D eigenvalue weighted by atomic mass is 16.6. The third-order valence-electron chi connectivity index (χ3n) is 8.57. The number of aryl methyl sites for hydroxylation is 2. The van der Waals surface area contributed by atoms with Crippen LogP contribution in [0.15, 0.2) is 73.3 Å². The summed E-state index contributed by atoms with van der Waals surface area (Å²) in [5.74, 6) is 0.960. The van der Waals surface area contributed by atoms with Crippen LogP contribution in [0.2, 0.25) is 0 Å². The van der Waals surface area contributed by atoms with Crippen LogP contribution in [0, 0.1) is 0 Å². The maximum absolute atomic E-state index is 12.6. The molecule has 0 atom stereocenters. The van der Waals surface area contributed by atoms with Crippen molar-refractivity contribution in [2.75, 3.05) is 26.2 Å². The molecule has 6 heteroatoms. The topological polar surface area (TPSA) is 56.2 Å². The number of carbonyl (C=O) groups excluding carboxylic acids is 1. The standard InChI is InChI=1S/C34H41N3O3.C2H6/c1-5-27-22-26(14-15-32(27)38)16-17-34(3,4)37-23-28-10-9-13-30(31(28)24-37)25(2)35-18-20-36(21-19-35)33(39)40-29-11-7-6-8-12-29;1-2/h6-15,22,38H,2,5,16-21,23-24H2,1,3-4H3;1-2H3. The van der Waals surface area contributed by atoms with Crippen LogP contribution in [0.5, 0.6) is 11.5 Å². The number of phenolic OH excluding ortho intramolecular Hbond substituents is 1. The molecule has 2 aliphatic rings. The molecular formula is C36H47N3O3. The molecule has 3 aromatic rings. The fourth-order valence-electron chi connectivity index (χ4n) is 5.79. The zero-order valence-electron chi connectivity index (χ0n) is 26.0. The van der Waals surface area contributed by atoms with Gasteiger partial charge >= 0.3 is 6.09 Å². The van der Waals surface area contributed by atoms with E-state index in [1.165, 1.54) is 22.3 Å². The number of ether oxygens (including phenoxy) is 1. The summed E-state index contributed by atoms with van der Waals surface area (Å²) in [7, 11) is 0. The highest BCUT2D eigenvalue weighted by molar-refractivity contribution is 5.71. The Morgan fingerprint density at radius 2 is 1.62 bits per heavy atom. The van der Waals surface area contributed by atoms with Gasteiger partial charge in [0.15, 0.2) is 0 Å². The van der Waals surface area contributed by atoms with Gasteiger partial charge < -0.3 is 19.6 Å².